The molecule has 0 spiro atoms. The highest BCUT2D eigenvalue weighted by Gasteiger charge is 2.13. The predicted molar refractivity (Wildman–Crippen MR) is 67.9 cm³/mol. The molecule has 0 aliphatic carbocycles. The summed E-state index contributed by atoms with van der Waals surface area (Å²) in [6.45, 7) is 2.00. The Hall–Kier alpha value is -2.50. The molecule has 2 aromatic rings. The van der Waals surface area contributed by atoms with Gasteiger partial charge in [0.25, 0.3) is 0 Å². The third-order valence-corrected chi connectivity index (χ3v) is 2.57. The summed E-state index contributed by atoms with van der Waals surface area (Å²) < 4.78 is 0. The van der Waals surface area contributed by atoms with E-state index in [9.17, 15) is 10.1 Å². The number of pyridine rings is 2. The quantitative estimate of drug-likeness (QED) is 0.659. The summed E-state index contributed by atoms with van der Waals surface area (Å²) in [5.74, 6) is -0.0765. The molecule has 0 fully saturated rings. The lowest BCUT2D eigenvalue weighted by Gasteiger charge is -2.04. The van der Waals surface area contributed by atoms with Crippen LogP contribution < -0.4 is 5.73 Å². The van der Waals surface area contributed by atoms with Gasteiger partial charge in [-0.2, -0.15) is 0 Å². The van der Waals surface area contributed by atoms with Crippen molar-refractivity contribution in [3.63, 3.8) is 0 Å². The highest BCUT2D eigenvalue weighted by atomic mass is 16.6. The number of aromatic nitrogens is 2. The Morgan fingerprint density at radius 1 is 1.39 bits per heavy atom. The minimum atomic E-state index is -0.546. The third kappa shape index (κ3) is 2.27. The Morgan fingerprint density at radius 2 is 2.17 bits per heavy atom. The highest BCUT2D eigenvalue weighted by Crippen LogP contribution is 2.24. The standard InChI is InChI=1S/C12H12N4O2/c1-2-9-7-8(5-6-14-9)10-3-4-11(16(17)18)12(13)15-10/h3-7H,2H2,1H3,(H2,13,15). The summed E-state index contributed by atoms with van der Waals surface area (Å²) in [6.07, 6.45) is 2.50. The van der Waals surface area contributed by atoms with Crippen molar-refractivity contribution in [2.24, 2.45) is 0 Å². The maximum Gasteiger partial charge on any atom is 0.311 e. The van der Waals surface area contributed by atoms with Crippen LogP contribution in [0.3, 0.4) is 0 Å². The van der Waals surface area contributed by atoms with Crippen LogP contribution in [-0.2, 0) is 6.42 Å². The number of hydrogen-bond donors (Lipinski definition) is 1. The fraction of sp³-hybridized carbons (Fsp3) is 0.167. The summed E-state index contributed by atoms with van der Waals surface area (Å²) in [5, 5.41) is 10.6. The molecule has 0 atom stereocenters. The summed E-state index contributed by atoms with van der Waals surface area (Å²) >= 11 is 0. The molecule has 0 saturated heterocycles. The lowest BCUT2D eigenvalue weighted by molar-refractivity contribution is -0.384. The minimum Gasteiger partial charge on any atom is -0.378 e. The molecule has 0 unspecified atom stereocenters. The number of nitrogen functional groups attached to an aromatic ring is 1. The minimum absolute atomic E-state index is 0.0765. The normalized spacial score (nSPS) is 10.3. The molecule has 0 aliphatic rings. The van der Waals surface area contributed by atoms with Gasteiger partial charge in [-0.05, 0) is 24.6 Å². The molecule has 6 heteroatoms. The number of nitro groups is 1. The Kier molecular flexibility index (Phi) is 3.18. The van der Waals surface area contributed by atoms with Gasteiger partial charge in [-0.3, -0.25) is 15.1 Å². The number of nitrogens with zero attached hydrogens (tertiary/aromatic N) is 3. The molecule has 0 saturated carbocycles. The van der Waals surface area contributed by atoms with Crippen LogP contribution in [-0.4, -0.2) is 14.9 Å². The van der Waals surface area contributed by atoms with Crippen LogP contribution in [0.1, 0.15) is 12.6 Å². The predicted octanol–water partition coefficient (Wildman–Crippen LogP) is 2.20. The molecule has 18 heavy (non-hydrogen) atoms. The first-order valence-electron chi connectivity index (χ1n) is 5.48. The summed E-state index contributed by atoms with van der Waals surface area (Å²) in [6, 6.07) is 6.65. The van der Waals surface area contributed by atoms with Crippen LogP contribution in [0.2, 0.25) is 0 Å². The molecule has 92 valence electrons. The van der Waals surface area contributed by atoms with Crippen LogP contribution in [0, 0.1) is 10.1 Å². The maximum absolute atomic E-state index is 10.6. The lowest BCUT2D eigenvalue weighted by atomic mass is 10.1. The van der Waals surface area contributed by atoms with Gasteiger partial charge in [-0.1, -0.05) is 6.92 Å². The van der Waals surface area contributed by atoms with E-state index in [1.807, 2.05) is 13.0 Å². The molecular weight excluding hydrogens is 232 g/mol. The number of aryl methyl sites for hydroxylation is 1. The first-order valence-corrected chi connectivity index (χ1v) is 5.48. The summed E-state index contributed by atoms with van der Waals surface area (Å²) in [7, 11) is 0. The van der Waals surface area contributed by atoms with Gasteiger partial charge in [0, 0.05) is 23.5 Å². The smallest absolute Gasteiger partial charge is 0.311 e. The average Bonchev–Trinajstić information content (AvgIpc) is 2.38. The summed E-state index contributed by atoms with van der Waals surface area (Å²) in [5.41, 5.74) is 7.78. The zero-order chi connectivity index (χ0) is 13.1. The van der Waals surface area contributed by atoms with E-state index in [1.54, 1.807) is 18.3 Å². The van der Waals surface area contributed by atoms with E-state index < -0.39 is 4.92 Å². The largest absolute Gasteiger partial charge is 0.378 e. The second kappa shape index (κ2) is 4.79. The Labute approximate surface area is 104 Å². The SMILES string of the molecule is CCc1cc(-c2ccc([N+](=O)[O-])c(N)n2)ccn1. The molecule has 0 aliphatic heterocycles. The zero-order valence-corrected chi connectivity index (χ0v) is 9.83. The fourth-order valence-electron chi connectivity index (χ4n) is 1.61. The first-order chi connectivity index (χ1) is 8.61. The van der Waals surface area contributed by atoms with Gasteiger partial charge in [0.1, 0.15) is 0 Å². The number of rotatable bonds is 3. The fourth-order valence-corrected chi connectivity index (χ4v) is 1.61. The van der Waals surface area contributed by atoms with Crippen LogP contribution in [0.5, 0.6) is 0 Å². The van der Waals surface area contributed by atoms with Crippen LogP contribution in [0.15, 0.2) is 30.5 Å². The topological polar surface area (TPSA) is 94.9 Å². The second-order valence-corrected chi connectivity index (χ2v) is 3.75. The highest BCUT2D eigenvalue weighted by molar-refractivity contribution is 5.65. The van der Waals surface area contributed by atoms with Gasteiger partial charge < -0.3 is 5.73 Å². The van der Waals surface area contributed by atoms with Crippen LogP contribution in [0.25, 0.3) is 11.3 Å². The van der Waals surface area contributed by atoms with Gasteiger partial charge in [0.15, 0.2) is 0 Å². The molecule has 0 amide bonds. The van der Waals surface area contributed by atoms with Crippen molar-refractivity contribution in [2.75, 3.05) is 5.73 Å². The summed E-state index contributed by atoms with van der Waals surface area (Å²) in [4.78, 5) is 18.3. The van der Waals surface area contributed by atoms with Crippen molar-refractivity contribution < 1.29 is 4.92 Å². The number of anilines is 1. The zero-order valence-electron chi connectivity index (χ0n) is 9.83. The van der Waals surface area contributed by atoms with Gasteiger partial charge in [-0.15, -0.1) is 0 Å². The van der Waals surface area contributed by atoms with Gasteiger partial charge in [-0.25, -0.2) is 4.98 Å². The third-order valence-electron chi connectivity index (χ3n) is 2.57. The number of hydrogen-bond acceptors (Lipinski definition) is 5. The average molecular weight is 244 g/mol. The monoisotopic (exact) mass is 244 g/mol. The van der Waals surface area contributed by atoms with E-state index in [-0.39, 0.29) is 11.5 Å². The molecule has 0 aromatic carbocycles. The Morgan fingerprint density at radius 3 is 2.78 bits per heavy atom. The van der Waals surface area contributed by atoms with E-state index >= 15 is 0 Å². The molecular formula is C12H12N4O2. The maximum atomic E-state index is 10.6. The second-order valence-electron chi connectivity index (χ2n) is 3.75. The van der Waals surface area contributed by atoms with Gasteiger partial charge >= 0.3 is 5.69 Å². The molecule has 2 rings (SSSR count). The van der Waals surface area contributed by atoms with Crippen molar-refractivity contribution in [3.8, 4) is 11.3 Å². The van der Waals surface area contributed by atoms with Gasteiger partial charge in [0.2, 0.25) is 5.82 Å². The van der Waals surface area contributed by atoms with Crippen molar-refractivity contribution in [1.29, 1.82) is 0 Å². The van der Waals surface area contributed by atoms with Crippen molar-refractivity contribution in [1.82, 2.24) is 9.97 Å². The first kappa shape index (κ1) is 12.0. The van der Waals surface area contributed by atoms with E-state index in [4.69, 9.17) is 5.73 Å². The van der Waals surface area contributed by atoms with E-state index in [0.717, 1.165) is 17.7 Å². The molecule has 2 N–H and O–H groups in total. The van der Waals surface area contributed by atoms with Crippen molar-refractivity contribution in [3.05, 3.63) is 46.3 Å². The van der Waals surface area contributed by atoms with Crippen LogP contribution >= 0.6 is 0 Å². The van der Waals surface area contributed by atoms with Gasteiger partial charge in [0.05, 0.1) is 10.6 Å². The van der Waals surface area contributed by atoms with E-state index in [0.29, 0.717) is 5.69 Å². The Balaban J connectivity index is 2.45. The van der Waals surface area contributed by atoms with Crippen LogP contribution in [0.4, 0.5) is 11.5 Å². The van der Waals surface area contributed by atoms with E-state index in [1.165, 1.54) is 6.07 Å². The molecule has 0 bridgehead atoms. The molecule has 2 heterocycles. The molecule has 6 nitrogen and oxygen atoms in total. The van der Waals surface area contributed by atoms with E-state index in [2.05, 4.69) is 9.97 Å². The van der Waals surface area contributed by atoms with Crippen molar-refractivity contribution >= 4 is 11.5 Å². The van der Waals surface area contributed by atoms with Crippen molar-refractivity contribution in [2.45, 2.75) is 13.3 Å². The Bertz CT molecular complexity index is 598. The molecule has 2 aromatic heterocycles. The molecule has 0 radical (unpaired) electrons. The lowest BCUT2D eigenvalue weighted by Crippen LogP contribution is -1.99. The number of nitrogens with two attached hydrogens (primary N) is 1.